The van der Waals surface area contributed by atoms with Gasteiger partial charge in [0.15, 0.2) is 6.17 Å². The van der Waals surface area contributed by atoms with E-state index in [2.05, 4.69) is 34.5 Å². The Morgan fingerprint density at radius 2 is 2.03 bits per heavy atom. The Labute approximate surface area is 180 Å². The third kappa shape index (κ3) is 3.65. The number of halogens is 1. The maximum Gasteiger partial charge on any atom is 0.233 e. The molecule has 5 rings (SSSR count). The molecule has 8 heteroatoms. The summed E-state index contributed by atoms with van der Waals surface area (Å²) >= 11 is 0. The molecule has 7 nitrogen and oxygen atoms in total. The minimum Gasteiger partial charge on any atom is -0.507 e. The van der Waals surface area contributed by atoms with Gasteiger partial charge in [-0.25, -0.2) is 9.07 Å². The molecule has 0 amide bonds. The highest BCUT2D eigenvalue weighted by molar-refractivity contribution is 5.68. The summed E-state index contributed by atoms with van der Waals surface area (Å²) in [4.78, 5) is 0. The van der Waals surface area contributed by atoms with Gasteiger partial charge in [-0.05, 0) is 43.0 Å². The van der Waals surface area contributed by atoms with Crippen LogP contribution in [0.1, 0.15) is 32.4 Å². The second kappa shape index (κ2) is 7.30. The number of alkyl halides is 1. The van der Waals surface area contributed by atoms with Gasteiger partial charge in [0.1, 0.15) is 11.9 Å². The Balaban J connectivity index is 1.31. The van der Waals surface area contributed by atoms with Crippen LogP contribution in [-0.2, 0) is 0 Å². The number of phenolic OH excluding ortho intramolecular Hbond substituents is 1. The van der Waals surface area contributed by atoms with Crippen LogP contribution in [-0.4, -0.2) is 49.4 Å². The SMILES string of the molecule is Cc1ccn(-c2ccc(-c3ccc(OC4CC5CC(C)(C)C(N5)C4F)nn3)c(O)c2)n1. The number of fused-ring (bicyclic) bond motifs is 2. The fraction of sp³-hybridized carbons (Fsp3) is 0.435. The number of rotatable bonds is 4. The molecule has 0 aliphatic carbocycles. The second-order valence-corrected chi connectivity index (χ2v) is 9.23. The van der Waals surface area contributed by atoms with Crippen LogP contribution in [0.2, 0.25) is 0 Å². The van der Waals surface area contributed by atoms with E-state index in [4.69, 9.17) is 4.74 Å². The van der Waals surface area contributed by atoms with E-state index in [-0.39, 0.29) is 23.2 Å². The van der Waals surface area contributed by atoms with Gasteiger partial charge in [-0.15, -0.1) is 10.2 Å². The number of benzene rings is 1. The number of piperidine rings is 1. The first-order valence-electron chi connectivity index (χ1n) is 10.6. The van der Waals surface area contributed by atoms with E-state index in [1.165, 1.54) is 0 Å². The zero-order valence-corrected chi connectivity index (χ0v) is 17.8. The minimum atomic E-state index is -1.10. The summed E-state index contributed by atoms with van der Waals surface area (Å²) in [5.41, 5.74) is 2.62. The Morgan fingerprint density at radius 3 is 2.71 bits per heavy atom. The van der Waals surface area contributed by atoms with Gasteiger partial charge >= 0.3 is 0 Å². The van der Waals surface area contributed by atoms with E-state index in [1.54, 1.807) is 28.9 Å². The molecule has 2 aliphatic rings. The van der Waals surface area contributed by atoms with Crippen LogP contribution in [0.3, 0.4) is 0 Å². The topological polar surface area (TPSA) is 85.1 Å². The van der Waals surface area contributed by atoms with Gasteiger partial charge < -0.3 is 15.2 Å². The number of hydrogen-bond donors (Lipinski definition) is 2. The van der Waals surface area contributed by atoms with Crippen LogP contribution in [0, 0.1) is 12.3 Å². The molecule has 2 aromatic heterocycles. The lowest BCUT2D eigenvalue weighted by atomic mass is 9.83. The van der Waals surface area contributed by atoms with Crippen LogP contribution in [0.15, 0.2) is 42.6 Å². The first-order chi connectivity index (χ1) is 14.8. The van der Waals surface area contributed by atoms with Gasteiger partial charge in [0.25, 0.3) is 0 Å². The Morgan fingerprint density at radius 1 is 1.19 bits per heavy atom. The van der Waals surface area contributed by atoms with Crippen molar-refractivity contribution in [1.29, 1.82) is 0 Å². The number of nitrogens with one attached hydrogen (secondary N) is 1. The van der Waals surface area contributed by atoms with Gasteiger partial charge in [0, 0.05) is 42.4 Å². The van der Waals surface area contributed by atoms with Crippen molar-refractivity contribution in [2.45, 2.75) is 58.0 Å². The van der Waals surface area contributed by atoms with Crippen molar-refractivity contribution in [3.63, 3.8) is 0 Å². The third-order valence-electron chi connectivity index (χ3n) is 6.38. The zero-order chi connectivity index (χ0) is 21.8. The van der Waals surface area contributed by atoms with E-state index in [1.807, 2.05) is 25.3 Å². The first-order valence-corrected chi connectivity index (χ1v) is 10.6. The number of ether oxygens (including phenoxy) is 1. The van der Waals surface area contributed by atoms with Crippen molar-refractivity contribution in [3.8, 4) is 28.6 Å². The predicted octanol–water partition coefficient (Wildman–Crippen LogP) is 3.59. The summed E-state index contributed by atoms with van der Waals surface area (Å²) in [5.74, 6) is 0.369. The smallest absolute Gasteiger partial charge is 0.233 e. The standard InChI is InChI=1S/C23H26FN5O2/c1-13-8-9-29(28-13)15-4-5-16(18(30)11-15)17-6-7-20(27-26-17)31-19-10-14-12-23(2,3)22(25-14)21(19)24/h4-9,11,14,19,21-22,25,30H,10,12H2,1-3H3. The molecule has 31 heavy (non-hydrogen) atoms. The molecule has 2 saturated heterocycles. The monoisotopic (exact) mass is 423 g/mol. The molecular weight excluding hydrogens is 397 g/mol. The van der Waals surface area contributed by atoms with Crippen molar-refractivity contribution in [3.05, 3.63) is 48.3 Å². The molecule has 4 unspecified atom stereocenters. The van der Waals surface area contributed by atoms with E-state index in [0.29, 0.717) is 23.6 Å². The summed E-state index contributed by atoms with van der Waals surface area (Å²) in [6, 6.07) is 10.6. The molecule has 2 aliphatic heterocycles. The number of phenols is 1. The summed E-state index contributed by atoms with van der Waals surface area (Å²) in [6.45, 7) is 6.10. The molecule has 1 aromatic carbocycles. The van der Waals surface area contributed by atoms with Crippen LogP contribution >= 0.6 is 0 Å². The molecule has 2 N–H and O–H groups in total. The molecule has 0 radical (unpaired) electrons. The summed E-state index contributed by atoms with van der Waals surface area (Å²) in [6.07, 6.45) is 1.75. The number of hydrogen-bond acceptors (Lipinski definition) is 6. The van der Waals surface area contributed by atoms with E-state index >= 15 is 4.39 Å². The van der Waals surface area contributed by atoms with Gasteiger partial charge in [-0.3, -0.25) is 0 Å². The summed E-state index contributed by atoms with van der Waals surface area (Å²) < 4.78 is 22.6. The maximum absolute atomic E-state index is 15.0. The van der Waals surface area contributed by atoms with Crippen LogP contribution < -0.4 is 10.1 Å². The van der Waals surface area contributed by atoms with Crippen molar-refractivity contribution < 1.29 is 14.2 Å². The highest BCUT2D eigenvalue weighted by Crippen LogP contribution is 2.43. The first kappa shape index (κ1) is 19.9. The molecule has 3 aromatic rings. The number of nitrogens with zero attached hydrogens (tertiary/aromatic N) is 4. The number of aryl methyl sites for hydroxylation is 1. The minimum absolute atomic E-state index is 0.0783. The average Bonchev–Trinajstić information content (AvgIpc) is 3.27. The van der Waals surface area contributed by atoms with E-state index < -0.39 is 12.3 Å². The lowest BCUT2D eigenvalue weighted by molar-refractivity contribution is 0.0268. The van der Waals surface area contributed by atoms with Crippen molar-refractivity contribution >= 4 is 0 Å². The predicted molar refractivity (Wildman–Crippen MR) is 114 cm³/mol. The quantitative estimate of drug-likeness (QED) is 0.667. The largest absolute Gasteiger partial charge is 0.507 e. The fourth-order valence-electron chi connectivity index (χ4n) is 4.83. The average molecular weight is 423 g/mol. The Kier molecular flexibility index (Phi) is 4.69. The molecular formula is C23H26FN5O2. The number of aromatic hydroxyl groups is 1. The molecule has 2 fully saturated rings. The van der Waals surface area contributed by atoms with Gasteiger partial charge in [0.05, 0.1) is 17.1 Å². The fourth-order valence-corrected chi connectivity index (χ4v) is 4.83. The third-order valence-corrected chi connectivity index (χ3v) is 6.38. The van der Waals surface area contributed by atoms with Crippen molar-refractivity contribution in [2.24, 2.45) is 5.41 Å². The molecule has 4 atom stereocenters. The lowest BCUT2D eigenvalue weighted by Crippen LogP contribution is -2.54. The normalized spacial score (nSPS) is 26.7. The van der Waals surface area contributed by atoms with Gasteiger partial charge in [-0.2, -0.15) is 5.10 Å². The van der Waals surface area contributed by atoms with Crippen molar-refractivity contribution in [1.82, 2.24) is 25.3 Å². The highest BCUT2D eigenvalue weighted by Gasteiger charge is 2.52. The molecule has 162 valence electrons. The number of aromatic nitrogens is 4. The van der Waals surface area contributed by atoms with Gasteiger partial charge in [0.2, 0.25) is 5.88 Å². The summed E-state index contributed by atoms with van der Waals surface area (Å²) in [7, 11) is 0. The highest BCUT2D eigenvalue weighted by atomic mass is 19.1. The molecule has 0 spiro atoms. The lowest BCUT2D eigenvalue weighted by Gasteiger charge is -2.35. The van der Waals surface area contributed by atoms with Crippen LogP contribution in [0.25, 0.3) is 16.9 Å². The Bertz CT molecular complexity index is 1100. The maximum atomic E-state index is 15.0. The molecule has 4 heterocycles. The summed E-state index contributed by atoms with van der Waals surface area (Å²) in [5, 5.41) is 26.5. The zero-order valence-electron chi connectivity index (χ0n) is 17.8. The van der Waals surface area contributed by atoms with Gasteiger partial charge in [-0.1, -0.05) is 13.8 Å². The van der Waals surface area contributed by atoms with E-state index in [0.717, 1.165) is 17.8 Å². The Hall–Kier alpha value is -3.00. The van der Waals surface area contributed by atoms with Crippen LogP contribution in [0.4, 0.5) is 4.39 Å². The van der Waals surface area contributed by atoms with E-state index in [9.17, 15) is 5.11 Å². The molecule has 0 saturated carbocycles. The second-order valence-electron chi connectivity index (χ2n) is 9.23. The van der Waals surface area contributed by atoms with Crippen LogP contribution in [0.5, 0.6) is 11.6 Å². The van der Waals surface area contributed by atoms with Crippen molar-refractivity contribution in [2.75, 3.05) is 0 Å². The molecule has 2 bridgehead atoms.